The van der Waals surface area contributed by atoms with Gasteiger partial charge in [-0.1, -0.05) is 12.6 Å². The zero-order valence-corrected chi connectivity index (χ0v) is 11.1. The standard InChI is InChI=1S/C10H15O4PS/c1-4-12-15(11,13-5-2)14-9(3)10-7-6-8-16-10/h6-8H,3-5H2,1-2H3. The second kappa shape index (κ2) is 6.21. The van der Waals surface area contributed by atoms with E-state index >= 15 is 0 Å². The van der Waals surface area contributed by atoms with E-state index in [4.69, 9.17) is 13.6 Å². The van der Waals surface area contributed by atoms with Gasteiger partial charge in [0.1, 0.15) is 5.76 Å². The number of hydrogen-bond donors (Lipinski definition) is 0. The average molecular weight is 262 g/mol. The van der Waals surface area contributed by atoms with Crippen molar-refractivity contribution in [1.82, 2.24) is 0 Å². The van der Waals surface area contributed by atoms with Crippen LogP contribution in [-0.2, 0) is 18.1 Å². The van der Waals surface area contributed by atoms with E-state index in [1.807, 2.05) is 17.5 Å². The van der Waals surface area contributed by atoms with E-state index in [1.165, 1.54) is 11.3 Å². The van der Waals surface area contributed by atoms with Crippen molar-refractivity contribution in [1.29, 1.82) is 0 Å². The van der Waals surface area contributed by atoms with Crippen LogP contribution in [0.3, 0.4) is 0 Å². The van der Waals surface area contributed by atoms with Gasteiger partial charge in [-0.3, -0.25) is 9.05 Å². The fourth-order valence-corrected chi connectivity index (χ4v) is 2.90. The van der Waals surface area contributed by atoms with Gasteiger partial charge in [-0.15, -0.1) is 11.3 Å². The second-order valence-electron chi connectivity index (χ2n) is 2.77. The normalized spacial score (nSPS) is 11.4. The second-order valence-corrected chi connectivity index (χ2v) is 5.32. The van der Waals surface area contributed by atoms with E-state index in [0.717, 1.165) is 4.88 Å². The summed E-state index contributed by atoms with van der Waals surface area (Å²) in [5.41, 5.74) is 0. The van der Waals surface area contributed by atoms with Gasteiger partial charge in [-0.25, -0.2) is 4.57 Å². The molecule has 16 heavy (non-hydrogen) atoms. The molecule has 90 valence electrons. The zero-order chi connectivity index (χ0) is 12.0. The number of hydrogen-bond acceptors (Lipinski definition) is 5. The lowest BCUT2D eigenvalue weighted by Crippen LogP contribution is -1.98. The molecular formula is C10H15O4PS. The Morgan fingerprint density at radius 3 is 2.50 bits per heavy atom. The highest BCUT2D eigenvalue weighted by atomic mass is 32.1. The highest BCUT2D eigenvalue weighted by Crippen LogP contribution is 2.52. The molecule has 1 heterocycles. The minimum Gasteiger partial charge on any atom is -0.403 e. The van der Waals surface area contributed by atoms with E-state index < -0.39 is 7.82 Å². The Morgan fingerprint density at radius 1 is 1.44 bits per heavy atom. The molecule has 0 amide bonds. The molecule has 1 aromatic heterocycles. The van der Waals surface area contributed by atoms with Crippen LogP contribution in [0.2, 0.25) is 0 Å². The average Bonchev–Trinajstić information content (AvgIpc) is 2.70. The largest absolute Gasteiger partial charge is 0.530 e. The Morgan fingerprint density at radius 2 is 2.06 bits per heavy atom. The van der Waals surface area contributed by atoms with E-state index in [0.29, 0.717) is 5.76 Å². The molecule has 0 saturated heterocycles. The lowest BCUT2D eigenvalue weighted by atomic mass is 10.4. The smallest absolute Gasteiger partial charge is 0.403 e. The van der Waals surface area contributed by atoms with Crippen LogP contribution in [0.4, 0.5) is 0 Å². The van der Waals surface area contributed by atoms with Crippen molar-refractivity contribution in [3.63, 3.8) is 0 Å². The van der Waals surface area contributed by atoms with Crippen molar-refractivity contribution in [3.8, 4) is 0 Å². The number of rotatable bonds is 7. The number of phosphoric ester groups is 1. The summed E-state index contributed by atoms with van der Waals surface area (Å²) >= 11 is 1.45. The van der Waals surface area contributed by atoms with E-state index in [9.17, 15) is 4.57 Å². The predicted octanol–water partition coefficient (Wildman–Crippen LogP) is 3.92. The van der Waals surface area contributed by atoms with Gasteiger partial charge < -0.3 is 4.52 Å². The Hall–Kier alpha value is -0.610. The van der Waals surface area contributed by atoms with E-state index in [1.54, 1.807) is 13.8 Å². The van der Waals surface area contributed by atoms with Crippen molar-refractivity contribution < 1.29 is 18.1 Å². The Kier molecular flexibility index (Phi) is 5.22. The summed E-state index contributed by atoms with van der Waals surface area (Å²) in [4.78, 5) is 0.805. The van der Waals surface area contributed by atoms with Crippen LogP contribution < -0.4 is 0 Å². The third-order valence-electron chi connectivity index (χ3n) is 1.59. The van der Waals surface area contributed by atoms with Crippen molar-refractivity contribution in [2.24, 2.45) is 0 Å². The summed E-state index contributed by atoms with van der Waals surface area (Å²) in [6.45, 7) is 7.67. The molecule has 4 nitrogen and oxygen atoms in total. The molecule has 0 N–H and O–H groups in total. The molecule has 6 heteroatoms. The van der Waals surface area contributed by atoms with Gasteiger partial charge >= 0.3 is 7.82 Å². The minimum absolute atomic E-state index is 0.259. The summed E-state index contributed by atoms with van der Waals surface area (Å²) in [5, 5.41) is 1.89. The van der Waals surface area contributed by atoms with Gasteiger partial charge in [0.2, 0.25) is 0 Å². The van der Waals surface area contributed by atoms with Crippen molar-refractivity contribution in [2.75, 3.05) is 13.2 Å². The van der Waals surface area contributed by atoms with Gasteiger partial charge in [0.15, 0.2) is 0 Å². The third kappa shape index (κ3) is 3.76. The lowest BCUT2D eigenvalue weighted by molar-refractivity contribution is 0.160. The molecule has 0 saturated carbocycles. The molecule has 0 aliphatic carbocycles. The Balaban J connectivity index is 2.69. The van der Waals surface area contributed by atoms with Crippen LogP contribution in [0.25, 0.3) is 5.76 Å². The fourth-order valence-electron chi connectivity index (χ4n) is 1.02. The third-order valence-corrected chi connectivity index (χ3v) is 4.10. The molecule has 0 aliphatic heterocycles. The van der Waals surface area contributed by atoms with Crippen LogP contribution in [-0.4, -0.2) is 13.2 Å². The summed E-state index contributed by atoms with van der Waals surface area (Å²) in [6, 6.07) is 3.69. The molecule has 0 bridgehead atoms. The van der Waals surface area contributed by atoms with Gasteiger partial charge in [0.05, 0.1) is 18.1 Å². The van der Waals surface area contributed by atoms with Gasteiger partial charge in [0.25, 0.3) is 0 Å². The van der Waals surface area contributed by atoms with Crippen LogP contribution in [0, 0.1) is 0 Å². The quantitative estimate of drug-likeness (QED) is 0.552. The van der Waals surface area contributed by atoms with Crippen molar-refractivity contribution in [3.05, 3.63) is 29.0 Å². The molecule has 0 atom stereocenters. The minimum atomic E-state index is -3.51. The molecule has 0 fully saturated rings. The molecule has 0 radical (unpaired) electrons. The van der Waals surface area contributed by atoms with Crippen LogP contribution in [0.5, 0.6) is 0 Å². The fraction of sp³-hybridized carbons (Fsp3) is 0.400. The molecule has 0 unspecified atom stereocenters. The Bertz CT molecular complexity index is 364. The summed E-state index contributed by atoms with van der Waals surface area (Å²) in [6.07, 6.45) is 0. The zero-order valence-electron chi connectivity index (χ0n) is 9.34. The van der Waals surface area contributed by atoms with Crippen molar-refractivity contribution in [2.45, 2.75) is 13.8 Å². The summed E-state index contributed by atoms with van der Waals surface area (Å²) < 4.78 is 27.2. The first-order chi connectivity index (χ1) is 7.61. The topological polar surface area (TPSA) is 44.8 Å². The summed E-state index contributed by atoms with van der Waals surface area (Å²) in [7, 11) is -3.51. The first-order valence-corrected chi connectivity index (χ1v) is 7.26. The van der Waals surface area contributed by atoms with Crippen LogP contribution >= 0.6 is 19.2 Å². The molecule has 0 aromatic carbocycles. The monoisotopic (exact) mass is 262 g/mol. The molecule has 0 aliphatic rings. The highest BCUT2D eigenvalue weighted by Gasteiger charge is 2.28. The SMILES string of the molecule is C=C(OP(=O)(OCC)OCC)c1cccs1. The van der Waals surface area contributed by atoms with Gasteiger partial charge in [-0.2, -0.15) is 0 Å². The number of thiophene rings is 1. The molecule has 1 rings (SSSR count). The first kappa shape index (κ1) is 13.5. The maximum absolute atomic E-state index is 12.0. The van der Waals surface area contributed by atoms with Gasteiger partial charge in [-0.05, 0) is 25.3 Å². The van der Waals surface area contributed by atoms with E-state index in [2.05, 4.69) is 6.58 Å². The summed E-state index contributed by atoms with van der Waals surface area (Å²) in [5.74, 6) is 0.306. The lowest BCUT2D eigenvalue weighted by Gasteiger charge is -2.17. The van der Waals surface area contributed by atoms with Crippen LogP contribution in [0.1, 0.15) is 18.7 Å². The maximum Gasteiger partial charge on any atom is 0.530 e. The predicted molar refractivity (Wildman–Crippen MR) is 65.3 cm³/mol. The highest BCUT2D eigenvalue weighted by molar-refractivity contribution is 7.48. The first-order valence-electron chi connectivity index (χ1n) is 4.92. The Labute approximate surface area is 99.5 Å². The molecular weight excluding hydrogens is 247 g/mol. The van der Waals surface area contributed by atoms with E-state index in [-0.39, 0.29) is 13.2 Å². The van der Waals surface area contributed by atoms with Gasteiger partial charge in [0, 0.05) is 0 Å². The van der Waals surface area contributed by atoms with Crippen LogP contribution in [0.15, 0.2) is 24.1 Å². The van der Waals surface area contributed by atoms with Crippen molar-refractivity contribution >= 4 is 24.9 Å². The number of phosphoric acid groups is 1. The molecule has 1 aromatic rings. The maximum atomic E-state index is 12.0. The molecule has 0 spiro atoms.